The number of carboxylic acids is 1. The number of carbonyl (C=O) groups excluding carboxylic acids is 1. The van der Waals surface area contributed by atoms with Crippen LogP contribution in [-0.2, 0) is 14.3 Å². The highest BCUT2D eigenvalue weighted by Gasteiger charge is 2.72. The van der Waals surface area contributed by atoms with E-state index in [1.165, 1.54) is 44.6 Å². The summed E-state index contributed by atoms with van der Waals surface area (Å²) in [5.41, 5.74) is 1.24. The topological polar surface area (TPSA) is 63.6 Å². The molecule has 0 aromatic heterocycles. The summed E-state index contributed by atoms with van der Waals surface area (Å²) in [7, 11) is 0. The number of allylic oxidation sites excluding steroid dienone is 1. The van der Waals surface area contributed by atoms with Crippen molar-refractivity contribution in [1.82, 2.24) is 0 Å². The highest BCUT2D eigenvalue weighted by atomic mass is 16.5. The molecule has 0 amide bonds. The monoisotopic (exact) mass is 512 g/mol. The highest BCUT2D eigenvalue weighted by Crippen LogP contribution is 2.77. The van der Waals surface area contributed by atoms with E-state index in [4.69, 9.17) is 4.74 Å². The molecule has 0 aromatic rings. The molecule has 0 aliphatic heterocycles. The molecule has 4 nitrogen and oxygen atoms in total. The predicted molar refractivity (Wildman–Crippen MR) is 147 cm³/mol. The lowest BCUT2D eigenvalue weighted by atomic mass is 9.32. The molecule has 0 spiro atoms. The maximum absolute atomic E-state index is 12.9. The molecule has 1 N–H and O–H groups in total. The molecule has 5 unspecified atom stereocenters. The van der Waals surface area contributed by atoms with Gasteiger partial charge in [-0.25, -0.2) is 0 Å². The van der Waals surface area contributed by atoms with Crippen molar-refractivity contribution in [2.24, 2.45) is 62.6 Å². The average Bonchev–Trinajstić information content (AvgIpc) is 3.22. The van der Waals surface area contributed by atoms with Crippen LogP contribution in [0.25, 0.3) is 0 Å². The van der Waals surface area contributed by atoms with E-state index in [-0.39, 0.29) is 33.5 Å². The maximum atomic E-state index is 12.9. The molecule has 5 aliphatic rings. The molecule has 4 heteroatoms. The minimum Gasteiger partial charge on any atom is -0.481 e. The Morgan fingerprint density at radius 3 is 2.19 bits per heavy atom. The Labute approximate surface area is 225 Å². The van der Waals surface area contributed by atoms with Gasteiger partial charge in [0.2, 0.25) is 0 Å². The molecular weight excluding hydrogens is 460 g/mol. The van der Waals surface area contributed by atoms with E-state index < -0.39 is 11.4 Å². The number of ether oxygens (including phenoxy) is 1. The zero-order chi connectivity index (χ0) is 27.2. The third-order valence-electron chi connectivity index (χ3n) is 14.4. The van der Waals surface area contributed by atoms with Gasteiger partial charge in [0.05, 0.1) is 12.0 Å². The number of rotatable bonds is 4. The third-order valence-corrected chi connectivity index (χ3v) is 14.4. The van der Waals surface area contributed by atoms with Gasteiger partial charge in [0, 0.05) is 12.3 Å². The summed E-state index contributed by atoms with van der Waals surface area (Å²) >= 11 is 0. The second-order valence-corrected chi connectivity index (χ2v) is 15.4. The van der Waals surface area contributed by atoms with Crippen molar-refractivity contribution < 1.29 is 19.4 Å². The summed E-state index contributed by atoms with van der Waals surface area (Å²) in [5, 5.41) is 10.6. The number of hydrogen-bond acceptors (Lipinski definition) is 3. The van der Waals surface area contributed by atoms with E-state index in [0.717, 1.165) is 32.1 Å². The maximum Gasteiger partial charge on any atom is 0.309 e. The lowest BCUT2D eigenvalue weighted by molar-refractivity contribution is -0.248. The molecular formula is C33H52O4. The Morgan fingerprint density at radius 1 is 0.865 bits per heavy atom. The van der Waals surface area contributed by atoms with Crippen LogP contribution in [0.5, 0.6) is 0 Å². The van der Waals surface area contributed by atoms with Crippen molar-refractivity contribution in [2.75, 3.05) is 6.61 Å². The van der Waals surface area contributed by atoms with Gasteiger partial charge >= 0.3 is 11.9 Å². The van der Waals surface area contributed by atoms with Crippen molar-refractivity contribution in [3.8, 4) is 0 Å². The summed E-state index contributed by atoms with van der Waals surface area (Å²) in [4.78, 5) is 24.7. The van der Waals surface area contributed by atoms with Gasteiger partial charge in [0.1, 0.15) is 0 Å². The predicted octanol–water partition coefficient (Wildman–Crippen LogP) is 7.91. The first kappa shape index (κ1) is 27.3. The molecule has 0 heterocycles. The molecule has 0 aromatic carbocycles. The first-order valence-corrected chi connectivity index (χ1v) is 15.2. The third kappa shape index (κ3) is 3.45. The standard InChI is InChI=1S/C33H52O4/c1-20(2)23-12-16-33(28(35)36)18-17-31(7)24(27(23)33)9-10-26-29(5)14-11-21(3)30(6,19-37-22(4)34)25(29)13-15-32(26,31)8/h21,23-27H,1,9-19H2,2-8H3,(H,35,36)/t21-,23?,24?,25?,26?,27?,29-,30+,31+,32+,33-/m0/s1. The van der Waals surface area contributed by atoms with Gasteiger partial charge < -0.3 is 9.84 Å². The number of carbonyl (C=O) groups is 2. The molecule has 37 heavy (non-hydrogen) atoms. The second kappa shape index (κ2) is 8.59. The van der Waals surface area contributed by atoms with Crippen LogP contribution in [-0.4, -0.2) is 23.7 Å². The molecule has 5 rings (SSSR count). The van der Waals surface area contributed by atoms with Gasteiger partial charge in [-0.1, -0.05) is 46.8 Å². The smallest absolute Gasteiger partial charge is 0.309 e. The Balaban J connectivity index is 1.53. The number of fused-ring (bicyclic) bond motifs is 7. The Bertz CT molecular complexity index is 987. The normalized spacial score (nSPS) is 52.7. The van der Waals surface area contributed by atoms with E-state index in [9.17, 15) is 14.7 Å². The van der Waals surface area contributed by atoms with Crippen LogP contribution in [0.2, 0.25) is 0 Å². The van der Waals surface area contributed by atoms with Crippen LogP contribution < -0.4 is 0 Å². The van der Waals surface area contributed by atoms with Crippen LogP contribution in [0.3, 0.4) is 0 Å². The largest absolute Gasteiger partial charge is 0.481 e. The quantitative estimate of drug-likeness (QED) is 0.307. The molecule has 11 atom stereocenters. The fourth-order valence-corrected chi connectivity index (χ4v) is 12.0. The molecule has 5 saturated carbocycles. The van der Waals surface area contributed by atoms with Gasteiger partial charge in [-0.15, -0.1) is 0 Å². The lowest BCUT2D eigenvalue weighted by Gasteiger charge is -2.73. The molecule has 5 aliphatic carbocycles. The van der Waals surface area contributed by atoms with Crippen molar-refractivity contribution >= 4 is 11.9 Å². The highest BCUT2D eigenvalue weighted by molar-refractivity contribution is 5.76. The minimum absolute atomic E-state index is 0.0132. The Morgan fingerprint density at radius 2 is 1.57 bits per heavy atom. The van der Waals surface area contributed by atoms with E-state index in [0.29, 0.717) is 36.2 Å². The van der Waals surface area contributed by atoms with Crippen LogP contribution >= 0.6 is 0 Å². The number of esters is 1. The van der Waals surface area contributed by atoms with Gasteiger partial charge in [0.15, 0.2) is 0 Å². The first-order chi connectivity index (χ1) is 17.2. The summed E-state index contributed by atoms with van der Waals surface area (Å²) in [6, 6.07) is 0. The molecule has 0 radical (unpaired) electrons. The number of hydrogen-bond donors (Lipinski definition) is 1. The Kier molecular flexibility index (Phi) is 6.33. The van der Waals surface area contributed by atoms with Crippen molar-refractivity contribution in [3.63, 3.8) is 0 Å². The average molecular weight is 513 g/mol. The summed E-state index contributed by atoms with van der Waals surface area (Å²) in [6.45, 7) is 21.1. The first-order valence-electron chi connectivity index (χ1n) is 15.2. The van der Waals surface area contributed by atoms with E-state index in [1.54, 1.807) is 0 Å². The van der Waals surface area contributed by atoms with Crippen LogP contribution in [0, 0.1) is 62.6 Å². The fourth-order valence-electron chi connectivity index (χ4n) is 12.0. The van der Waals surface area contributed by atoms with Gasteiger partial charge in [0.25, 0.3) is 0 Å². The van der Waals surface area contributed by atoms with Crippen LogP contribution in [0.15, 0.2) is 12.2 Å². The van der Waals surface area contributed by atoms with Gasteiger partial charge in [-0.3, -0.25) is 9.59 Å². The van der Waals surface area contributed by atoms with Gasteiger partial charge in [-0.2, -0.15) is 0 Å². The van der Waals surface area contributed by atoms with E-state index in [1.807, 2.05) is 0 Å². The van der Waals surface area contributed by atoms with Crippen molar-refractivity contribution in [3.05, 3.63) is 12.2 Å². The zero-order valence-electron chi connectivity index (χ0n) is 24.6. The fraction of sp³-hybridized carbons (Fsp3) is 0.879. The number of carboxylic acid groups (broad SMARTS) is 1. The lowest BCUT2D eigenvalue weighted by Crippen LogP contribution is -2.67. The summed E-state index contributed by atoms with van der Waals surface area (Å²) < 4.78 is 5.73. The van der Waals surface area contributed by atoms with Crippen molar-refractivity contribution in [2.45, 2.75) is 113 Å². The Hall–Kier alpha value is -1.32. The second-order valence-electron chi connectivity index (χ2n) is 15.4. The molecule has 208 valence electrons. The number of aliphatic carboxylic acids is 1. The van der Waals surface area contributed by atoms with Crippen LogP contribution in [0.4, 0.5) is 0 Å². The SMILES string of the molecule is C=C(C)C1CC[C@]2(C(=O)O)CC[C@]3(C)C(CCC4[C@@]5(C)CC[C@H](C)[C@@](C)(COC(C)=O)C5CC[C@]43C)C12. The van der Waals surface area contributed by atoms with E-state index in [2.05, 4.69) is 48.1 Å². The molecule has 0 bridgehead atoms. The molecule has 0 saturated heterocycles. The minimum atomic E-state index is -0.555. The van der Waals surface area contributed by atoms with Gasteiger partial charge in [-0.05, 0) is 123 Å². The van der Waals surface area contributed by atoms with Crippen LogP contribution in [0.1, 0.15) is 113 Å². The zero-order valence-corrected chi connectivity index (χ0v) is 24.6. The summed E-state index contributed by atoms with van der Waals surface area (Å²) in [5.74, 6) is 2.04. The van der Waals surface area contributed by atoms with E-state index >= 15 is 0 Å². The molecule has 5 fully saturated rings. The van der Waals surface area contributed by atoms with Crippen molar-refractivity contribution in [1.29, 1.82) is 0 Å². The summed E-state index contributed by atoms with van der Waals surface area (Å²) in [6.07, 6.45) is 10.9.